The van der Waals surface area contributed by atoms with Crippen LogP contribution in [0.5, 0.6) is 0 Å². The van der Waals surface area contributed by atoms with Gasteiger partial charge in [0.25, 0.3) is 0 Å². The Morgan fingerprint density at radius 2 is 2.10 bits per heavy atom. The number of hydrogen-bond acceptors (Lipinski definition) is 2. The predicted octanol–water partition coefficient (Wildman–Crippen LogP) is 3.45. The fourth-order valence-electron chi connectivity index (χ4n) is 2.27. The van der Waals surface area contributed by atoms with Crippen molar-refractivity contribution < 1.29 is 9.18 Å². The first-order chi connectivity index (χ1) is 9.63. The van der Waals surface area contributed by atoms with Crippen LogP contribution in [0.25, 0.3) is 0 Å². The Morgan fingerprint density at radius 1 is 1.30 bits per heavy atom. The van der Waals surface area contributed by atoms with Crippen molar-refractivity contribution in [2.24, 2.45) is 0 Å². The van der Waals surface area contributed by atoms with Crippen LogP contribution in [-0.2, 0) is 11.2 Å². The summed E-state index contributed by atoms with van der Waals surface area (Å²) in [6, 6.07) is 11.3. The topological polar surface area (TPSA) is 41.1 Å². The van der Waals surface area contributed by atoms with E-state index in [1.54, 1.807) is 0 Å². The van der Waals surface area contributed by atoms with E-state index >= 15 is 0 Å². The molecule has 0 saturated heterocycles. The van der Waals surface area contributed by atoms with Gasteiger partial charge in [0.1, 0.15) is 11.9 Å². The minimum absolute atomic E-state index is 0.185. The molecule has 0 saturated carbocycles. The monoisotopic (exact) mass is 290 g/mol. The van der Waals surface area contributed by atoms with Gasteiger partial charge < -0.3 is 10.6 Å². The molecule has 20 heavy (non-hydrogen) atoms. The number of carbonyl (C=O) groups excluding carboxylic acids is 1. The van der Waals surface area contributed by atoms with Crippen LogP contribution in [0.3, 0.4) is 0 Å². The maximum absolute atomic E-state index is 13.0. The Hall–Kier alpha value is -2.07. The summed E-state index contributed by atoms with van der Waals surface area (Å²) in [4.78, 5) is 12.2. The number of carbonyl (C=O) groups is 1. The molecular weight excluding hydrogens is 279 g/mol. The summed E-state index contributed by atoms with van der Waals surface area (Å²) < 4.78 is 13.0. The van der Waals surface area contributed by atoms with E-state index in [1.165, 1.54) is 18.2 Å². The fraction of sp³-hybridized carbons (Fsp3) is 0.133. The smallest absolute Gasteiger partial charge is 0.247 e. The molecule has 102 valence electrons. The second-order valence-electron chi connectivity index (χ2n) is 4.67. The molecule has 2 aromatic carbocycles. The highest BCUT2D eigenvalue weighted by Crippen LogP contribution is 2.27. The molecule has 0 fully saturated rings. The number of anilines is 2. The highest BCUT2D eigenvalue weighted by atomic mass is 35.5. The van der Waals surface area contributed by atoms with E-state index in [1.807, 2.05) is 24.3 Å². The van der Waals surface area contributed by atoms with E-state index in [9.17, 15) is 9.18 Å². The number of hydrogen-bond donors (Lipinski definition) is 2. The number of fused-ring (bicyclic) bond motifs is 1. The zero-order valence-electron chi connectivity index (χ0n) is 10.5. The molecule has 5 heteroatoms. The van der Waals surface area contributed by atoms with Gasteiger partial charge in [0.05, 0.1) is 10.7 Å². The Balaban J connectivity index is 1.72. The summed E-state index contributed by atoms with van der Waals surface area (Å²) in [6.07, 6.45) is 0.626. The van der Waals surface area contributed by atoms with Gasteiger partial charge in [-0.15, -0.1) is 0 Å². The molecular formula is C15H12ClFN2O. The molecule has 3 nitrogen and oxygen atoms in total. The van der Waals surface area contributed by atoms with Crippen molar-refractivity contribution in [1.82, 2.24) is 0 Å². The third-order valence-corrected chi connectivity index (χ3v) is 3.59. The molecule has 0 aliphatic carbocycles. The standard InChI is InChI=1S/C15H12ClFN2O/c16-11-8-10(17)5-6-13(11)19-15(20)14-7-9-3-1-2-4-12(9)18-14/h1-6,8,14,18H,7H2,(H,19,20)/t14-/m0/s1. The van der Waals surface area contributed by atoms with Gasteiger partial charge in [-0.25, -0.2) is 4.39 Å². The molecule has 1 atom stereocenters. The van der Waals surface area contributed by atoms with E-state index in [2.05, 4.69) is 10.6 Å². The van der Waals surface area contributed by atoms with Crippen LogP contribution in [0.2, 0.25) is 5.02 Å². The average molecular weight is 291 g/mol. The Bertz CT molecular complexity index is 650. The molecule has 1 amide bonds. The Labute approximate surface area is 120 Å². The summed E-state index contributed by atoms with van der Waals surface area (Å²) >= 11 is 5.89. The summed E-state index contributed by atoms with van der Waals surface area (Å²) in [5.74, 6) is -0.617. The van der Waals surface area contributed by atoms with Crippen LogP contribution in [0.4, 0.5) is 15.8 Å². The molecule has 0 unspecified atom stereocenters. The highest BCUT2D eigenvalue weighted by molar-refractivity contribution is 6.33. The lowest BCUT2D eigenvalue weighted by molar-refractivity contribution is -0.116. The molecule has 1 aliphatic heterocycles. The van der Waals surface area contributed by atoms with Crippen LogP contribution in [-0.4, -0.2) is 11.9 Å². The van der Waals surface area contributed by atoms with Crippen molar-refractivity contribution in [3.05, 3.63) is 58.9 Å². The van der Waals surface area contributed by atoms with Crippen molar-refractivity contribution in [1.29, 1.82) is 0 Å². The summed E-state index contributed by atoms with van der Waals surface area (Å²) in [5.41, 5.74) is 2.49. The molecule has 0 aromatic heterocycles. The third-order valence-electron chi connectivity index (χ3n) is 3.28. The number of para-hydroxylation sites is 1. The van der Waals surface area contributed by atoms with Crippen LogP contribution in [0.15, 0.2) is 42.5 Å². The molecule has 0 spiro atoms. The zero-order valence-corrected chi connectivity index (χ0v) is 11.2. The number of amides is 1. The first-order valence-electron chi connectivity index (χ1n) is 6.24. The summed E-state index contributed by atoms with van der Waals surface area (Å²) in [6.45, 7) is 0. The van der Waals surface area contributed by atoms with Gasteiger partial charge in [0.15, 0.2) is 0 Å². The van der Waals surface area contributed by atoms with E-state index in [0.29, 0.717) is 12.1 Å². The number of rotatable bonds is 2. The second-order valence-corrected chi connectivity index (χ2v) is 5.08. The lowest BCUT2D eigenvalue weighted by Crippen LogP contribution is -2.32. The molecule has 2 N–H and O–H groups in total. The van der Waals surface area contributed by atoms with Crippen molar-refractivity contribution in [2.45, 2.75) is 12.5 Å². The quantitative estimate of drug-likeness (QED) is 0.889. The van der Waals surface area contributed by atoms with E-state index < -0.39 is 5.82 Å². The predicted molar refractivity (Wildman–Crippen MR) is 77.6 cm³/mol. The van der Waals surface area contributed by atoms with Crippen LogP contribution >= 0.6 is 11.6 Å². The molecule has 1 heterocycles. The third kappa shape index (κ3) is 2.47. The van der Waals surface area contributed by atoms with Gasteiger partial charge in [-0.05, 0) is 29.8 Å². The molecule has 0 radical (unpaired) electrons. The normalized spacial score (nSPS) is 16.4. The molecule has 1 aliphatic rings. The van der Waals surface area contributed by atoms with Gasteiger partial charge >= 0.3 is 0 Å². The van der Waals surface area contributed by atoms with Crippen LogP contribution < -0.4 is 10.6 Å². The minimum Gasteiger partial charge on any atom is -0.373 e. The Morgan fingerprint density at radius 3 is 2.85 bits per heavy atom. The van der Waals surface area contributed by atoms with Gasteiger partial charge in [-0.2, -0.15) is 0 Å². The minimum atomic E-state index is -0.431. The van der Waals surface area contributed by atoms with Crippen LogP contribution in [0, 0.1) is 5.82 Å². The lowest BCUT2D eigenvalue weighted by atomic mass is 10.1. The van der Waals surface area contributed by atoms with Crippen molar-refractivity contribution in [3.8, 4) is 0 Å². The van der Waals surface area contributed by atoms with Crippen LogP contribution in [0.1, 0.15) is 5.56 Å². The Kier molecular flexibility index (Phi) is 3.32. The summed E-state index contributed by atoms with van der Waals surface area (Å²) in [5, 5.41) is 6.06. The molecule has 3 rings (SSSR count). The van der Waals surface area contributed by atoms with E-state index in [0.717, 1.165) is 11.3 Å². The lowest BCUT2D eigenvalue weighted by Gasteiger charge is -2.13. The van der Waals surface area contributed by atoms with Gasteiger partial charge in [0, 0.05) is 12.1 Å². The van der Waals surface area contributed by atoms with Gasteiger partial charge in [0.2, 0.25) is 5.91 Å². The highest BCUT2D eigenvalue weighted by Gasteiger charge is 2.26. The SMILES string of the molecule is O=C(Nc1ccc(F)cc1Cl)[C@@H]1Cc2ccccc2N1. The fourth-order valence-corrected chi connectivity index (χ4v) is 2.48. The van der Waals surface area contributed by atoms with Crippen molar-refractivity contribution in [2.75, 3.05) is 10.6 Å². The first-order valence-corrected chi connectivity index (χ1v) is 6.61. The zero-order chi connectivity index (χ0) is 14.1. The largest absolute Gasteiger partial charge is 0.373 e. The average Bonchev–Trinajstić information content (AvgIpc) is 2.86. The first kappa shape index (κ1) is 12.9. The molecule has 2 aromatic rings. The second kappa shape index (κ2) is 5.13. The van der Waals surface area contributed by atoms with E-state index in [4.69, 9.17) is 11.6 Å². The number of nitrogens with one attached hydrogen (secondary N) is 2. The number of benzene rings is 2. The van der Waals surface area contributed by atoms with Crippen molar-refractivity contribution in [3.63, 3.8) is 0 Å². The van der Waals surface area contributed by atoms with Gasteiger partial charge in [-0.1, -0.05) is 29.8 Å². The van der Waals surface area contributed by atoms with E-state index in [-0.39, 0.29) is 17.0 Å². The number of halogens is 2. The molecule has 0 bridgehead atoms. The van der Waals surface area contributed by atoms with Crippen molar-refractivity contribution >= 4 is 28.9 Å². The maximum atomic E-state index is 13.0. The maximum Gasteiger partial charge on any atom is 0.247 e. The summed E-state index contributed by atoms with van der Waals surface area (Å²) in [7, 11) is 0. The van der Waals surface area contributed by atoms with Gasteiger partial charge in [-0.3, -0.25) is 4.79 Å².